The summed E-state index contributed by atoms with van der Waals surface area (Å²) in [7, 11) is 1.67. The molecule has 4 rings (SSSR count). The number of carbonyl (C=O) groups excluding carboxylic acids is 1. The van der Waals surface area contributed by atoms with E-state index in [0.717, 1.165) is 41.8 Å². The number of ether oxygens (including phenoxy) is 1. The highest BCUT2D eigenvalue weighted by atomic mass is 32.1. The van der Waals surface area contributed by atoms with Gasteiger partial charge in [-0.2, -0.15) is 11.3 Å². The van der Waals surface area contributed by atoms with E-state index in [1.807, 2.05) is 34.5 Å². The molecule has 1 amide bonds. The van der Waals surface area contributed by atoms with E-state index in [0.29, 0.717) is 6.54 Å². The van der Waals surface area contributed by atoms with Crippen molar-refractivity contribution in [2.45, 2.75) is 31.7 Å². The number of rotatable bonds is 5. The molecule has 3 aromatic rings. The van der Waals surface area contributed by atoms with Gasteiger partial charge in [0.2, 0.25) is 5.91 Å². The van der Waals surface area contributed by atoms with E-state index in [-0.39, 0.29) is 11.8 Å². The van der Waals surface area contributed by atoms with Crippen LogP contribution in [0.5, 0.6) is 5.75 Å². The first-order chi connectivity index (χ1) is 13.3. The highest BCUT2D eigenvalue weighted by Crippen LogP contribution is 2.36. The van der Waals surface area contributed by atoms with Crippen molar-refractivity contribution in [2.75, 3.05) is 12.0 Å². The third-order valence-corrected chi connectivity index (χ3v) is 5.84. The van der Waals surface area contributed by atoms with Gasteiger partial charge in [0.25, 0.3) is 0 Å². The molecule has 0 spiro atoms. The number of carbonyl (C=O) groups is 1. The largest absolute Gasteiger partial charge is 0.497 e. The van der Waals surface area contributed by atoms with Crippen LogP contribution in [-0.2, 0) is 17.8 Å². The smallest absolute Gasteiger partial charge is 0.234 e. The van der Waals surface area contributed by atoms with Crippen LogP contribution in [0, 0.1) is 0 Å². The van der Waals surface area contributed by atoms with Crippen LogP contribution >= 0.6 is 11.3 Å². The standard InChI is InChI=1S/C22H22N2O2S/c1-26-19-8-7-17-4-2-6-20(21(17)12-19)22(25)24(14-16-9-11-27-15-16)18-5-3-10-23-13-18/h3,5,7-13,15,20H,2,4,6,14H2,1H3. The molecule has 2 aromatic heterocycles. The number of aromatic nitrogens is 1. The molecule has 1 aromatic carbocycles. The zero-order chi connectivity index (χ0) is 18.6. The first kappa shape index (κ1) is 17.7. The molecule has 0 saturated heterocycles. The van der Waals surface area contributed by atoms with E-state index in [9.17, 15) is 4.79 Å². The molecule has 4 nitrogen and oxygen atoms in total. The molecule has 0 aliphatic heterocycles. The minimum absolute atomic E-state index is 0.128. The molecule has 1 aliphatic carbocycles. The topological polar surface area (TPSA) is 42.4 Å². The fourth-order valence-electron chi connectivity index (χ4n) is 3.72. The maximum Gasteiger partial charge on any atom is 0.234 e. The lowest BCUT2D eigenvalue weighted by molar-refractivity contribution is -0.120. The summed E-state index contributed by atoms with van der Waals surface area (Å²) in [5.41, 5.74) is 4.33. The Hall–Kier alpha value is -2.66. The minimum atomic E-state index is -0.150. The van der Waals surface area contributed by atoms with Crippen molar-refractivity contribution >= 4 is 22.9 Å². The predicted octanol–water partition coefficient (Wildman–Crippen LogP) is 4.81. The van der Waals surface area contributed by atoms with Crippen LogP contribution in [0.2, 0.25) is 0 Å². The Balaban J connectivity index is 1.70. The zero-order valence-electron chi connectivity index (χ0n) is 15.3. The third kappa shape index (κ3) is 3.74. The summed E-state index contributed by atoms with van der Waals surface area (Å²) in [6.45, 7) is 0.559. The average molecular weight is 378 g/mol. The van der Waals surface area contributed by atoms with E-state index < -0.39 is 0 Å². The summed E-state index contributed by atoms with van der Waals surface area (Å²) < 4.78 is 5.41. The summed E-state index contributed by atoms with van der Waals surface area (Å²) in [4.78, 5) is 19.7. The highest BCUT2D eigenvalue weighted by molar-refractivity contribution is 7.07. The molecule has 138 valence electrons. The summed E-state index contributed by atoms with van der Waals surface area (Å²) in [5, 5.41) is 4.14. The normalized spacial score (nSPS) is 15.8. The van der Waals surface area contributed by atoms with Gasteiger partial charge in [0, 0.05) is 6.20 Å². The maximum atomic E-state index is 13.6. The second-order valence-corrected chi connectivity index (χ2v) is 7.56. The van der Waals surface area contributed by atoms with E-state index >= 15 is 0 Å². The zero-order valence-corrected chi connectivity index (χ0v) is 16.1. The molecule has 1 atom stereocenters. The highest BCUT2D eigenvalue weighted by Gasteiger charge is 2.31. The number of anilines is 1. The van der Waals surface area contributed by atoms with Crippen molar-refractivity contribution in [2.24, 2.45) is 0 Å². The van der Waals surface area contributed by atoms with Crippen LogP contribution < -0.4 is 9.64 Å². The number of thiophene rings is 1. The molecule has 2 heterocycles. The average Bonchev–Trinajstić information content (AvgIpc) is 3.24. The molecule has 0 radical (unpaired) electrons. The van der Waals surface area contributed by atoms with Gasteiger partial charge in [-0.05, 0) is 77.0 Å². The van der Waals surface area contributed by atoms with E-state index in [2.05, 4.69) is 22.5 Å². The second kappa shape index (κ2) is 7.92. The Kier molecular flexibility index (Phi) is 5.21. The number of amides is 1. The number of nitrogens with zero attached hydrogens (tertiary/aromatic N) is 2. The quantitative estimate of drug-likeness (QED) is 0.640. The lowest BCUT2D eigenvalue weighted by atomic mass is 9.81. The molecule has 0 bridgehead atoms. The summed E-state index contributed by atoms with van der Waals surface area (Å²) in [6.07, 6.45) is 6.39. The number of methoxy groups -OCH3 is 1. The lowest BCUT2D eigenvalue weighted by Gasteiger charge is -2.31. The van der Waals surface area contributed by atoms with Crippen LogP contribution in [0.3, 0.4) is 0 Å². The first-order valence-corrected chi connectivity index (χ1v) is 10.1. The van der Waals surface area contributed by atoms with Gasteiger partial charge in [-0.15, -0.1) is 0 Å². The van der Waals surface area contributed by atoms with Crippen LogP contribution in [0.25, 0.3) is 0 Å². The van der Waals surface area contributed by atoms with Crippen molar-refractivity contribution in [3.8, 4) is 5.75 Å². The molecule has 0 N–H and O–H groups in total. The molecule has 1 unspecified atom stereocenters. The minimum Gasteiger partial charge on any atom is -0.497 e. The van der Waals surface area contributed by atoms with Gasteiger partial charge < -0.3 is 9.64 Å². The number of pyridine rings is 1. The van der Waals surface area contributed by atoms with Gasteiger partial charge in [-0.25, -0.2) is 0 Å². The van der Waals surface area contributed by atoms with Gasteiger partial charge in [0.1, 0.15) is 5.75 Å². The maximum absolute atomic E-state index is 13.6. The lowest BCUT2D eigenvalue weighted by Crippen LogP contribution is -2.36. The number of fused-ring (bicyclic) bond motifs is 1. The van der Waals surface area contributed by atoms with Crippen molar-refractivity contribution in [1.29, 1.82) is 0 Å². The number of hydrogen-bond donors (Lipinski definition) is 0. The van der Waals surface area contributed by atoms with Crippen LogP contribution in [0.1, 0.15) is 35.4 Å². The Morgan fingerprint density at radius 1 is 1.33 bits per heavy atom. The van der Waals surface area contributed by atoms with Crippen LogP contribution in [-0.4, -0.2) is 18.0 Å². The fourth-order valence-corrected chi connectivity index (χ4v) is 4.38. The Morgan fingerprint density at radius 2 is 2.26 bits per heavy atom. The Bertz CT molecular complexity index is 909. The van der Waals surface area contributed by atoms with Gasteiger partial charge in [0.15, 0.2) is 0 Å². The van der Waals surface area contributed by atoms with Crippen molar-refractivity contribution in [3.05, 3.63) is 76.2 Å². The molecule has 0 saturated carbocycles. The Labute approximate surface area is 163 Å². The number of hydrogen-bond acceptors (Lipinski definition) is 4. The molecular formula is C22H22N2O2S. The molecule has 0 fully saturated rings. The summed E-state index contributed by atoms with van der Waals surface area (Å²) in [5.74, 6) is 0.783. The predicted molar refractivity (Wildman–Crippen MR) is 108 cm³/mol. The van der Waals surface area contributed by atoms with Crippen molar-refractivity contribution in [3.63, 3.8) is 0 Å². The Morgan fingerprint density at radius 3 is 3.00 bits per heavy atom. The van der Waals surface area contributed by atoms with Gasteiger partial charge >= 0.3 is 0 Å². The third-order valence-electron chi connectivity index (χ3n) is 5.11. The number of aryl methyl sites for hydroxylation is 1. The summed E-state index contributed by atoms with van der Waals surface area (Å²) >= 11 is 1.65. The molecule has 5 heteroatoms. The van der Waals surface area contributed by atoms with E-state index in [1.165, 1.54) is 5.56 Å². The number of benzene rings is 1. The van der Waals surface area contributed by atoms with Crippen molar-refractivity contribution in [1.82, 2.24) is 4.98 Å². The monoisotopic (exact) mass is 378 g/mol. The van der Waals surface area contributed by atoms with E-state index in [4.69, 9.17) is 4.74 Å². The SMILES string of the molecule is COc1ccc2c(c1)C(C(=O)N(Cc1ccsc1)c1cccnc1)CCC2. The van der Waals surface area contributed by atoms with Crippen LogP contribution in [0.4, 0.5) is 5.69 Å². The molecule has 1 aliphatic rings. The fraction of sp³-hybridized carbons (Fsp3) is 0.273. The van der Waals surface area contributed by atoms with Gasteiger partial charge in [-0.3, -0.25) is 9.78 Å². The first-order valence-electron chi connectivity index (χ1n) is 9.15. The van der Waals surface area contributed by atoms with E-state index in [1.54, 1.807) is 30.8 Å². The van der Waals surface area contributed by atoms with Gasteiger partial charge in [0.05, 0.1) is 31.5 Å². The van der Waals surface area contributed by atoms with Crippen molar-refractivity contribution < 1.29 is 9.53 Å². The van der Waals surface area contributed by atoms with Crippen LogP contribution in [0.15, 0.2) is 59.6 Å². The van der Waals surface area contributed by atoms with Gasteiger partial charge in [-0.1, -0.05) is 6.07 Å². The summed E-state index contributed by atoms with van der Waals surface area (Å²) in [6, 6.07) is 12.0. The molecule has 27 heavy (non-hydrogen) atoms. The second-order valence-electron chi connectivity index (χ2n) is 6.78. The molecular weight excluding hydrogens is 356 g/mol.